The minimum Gasteiger partial charge on any atom is -0.422 e. The van der Waals surface area contributed by atoms with Crippen molar-refractivity contribution in [3.63, 3.8) is 0 Å². The highest BCUT2D eigenvalue weighted by Crippen LogP contribution is 2.26. The Bertz CT molecular complexity index is 1500. The zero-order chi connectivity index (χ0) is 24.4. The number of halogens is 3. The van der Waals surface area contributed by atoms with Crippen LogP contribution in [0.3, 0.4) is 0 Å². The van der Waals surface area contributed by atoms with E-state index in [1.165, 1.54) is 23.0 Å². The highest BCUT2D eigenvalue weighted by molar-refractivity contribution is 9.10. The lowest BCUT2D eigenvalue weighted by atomic mass is 10.2. The van der Waals surface area contributed by atoms with Crippen LogP contribution in [-0.2, 0) is 0 Å². The molecule has 172 valence electrons. The molecule has 4 rings (SSSR count). The Morgan fingerprint density at radius 1 is 1.12 bits per heavy atom. The van der Waals surface area contributed by atoms with Gasteiger partial charge in [0.1, 0.15) is 11.6 Å². The predicted octanol–water partition coefficient (Wildman–Crippen LogP) is 6.69. The number of para-hydroxylation sites is 1. The van der Waals surface area contributed by atoms with Crippen LogP contribution >= 0.6 is 39.1 Å². The van der Waals surface area contributed by atoms with Crippen LogP contribution in [0.1, 0.15) is 41.5 Å². The number of carbonyl (C=O) groups is 1. The molecular weight excluding hydrogens is 541 g/mol. The van der Waals surface area contributed by atoms with Gasteiger partial charge in [0, 0.05) is 21.0 Å². The SMILES string of the molecule is CC(C)c1nc2ccccc2c(=O)n1N=Cc1cc(Br)ccc1OC(=O)c1ccc(Cl)cc1Cl. The molecular formula is C25H18BrCl2N3O3. The number of fused-ring (bicyclic) bond motifs is 1. The second kappa shape index (κ2) is 10.1. The number of esters is 1. The first kappa shape index (κ1) is 24.1. The van der Waals surface area contributed by atoms with E-state index in [9.17, 15) is 9.59 Å². The first-order valence-corrected chi connectivity index (χ1v) is 11.8. The number of aromatic nitrogens is 2. The molecule has 9 heteroatoms. The Balaban J connectivity index is 1.75. The van der Waals surface area contributed by atoms with Gasteiger partial charge in [0.05, 0.1) is 27.7 Å². The minimum absolute atomic E-state index is 0.0543. The summed E-state index contributed by atoms with van der Waals surface area (Å²) in [5, 5.41) is 5.47. The zero-order valence-corrected chi connectivity index (χ0v) is 21.2. The molecule has 0 amide bonds. The number of rotatable bonds is 5. The maximum absolute atomic E-state index is 13.1. The molecule has 0 spiro atoms. The maximum Gasteiger partial charge on any atom is 0.345 e. The van der Waals surface area contributed by atoms with Gasteiger partial charge in [-0.05, 0) is 48.5 Å². The molecule has 0 atom stereocenters. The summed E-state index contributed by atoms with van der Waals surface area (Å²) in [5.41, 5.74) is 0.975. The molecule has 0 aliphatic carbocycles. The molecule has 0 saturated heterocycles. The van der Waals surface area contributed by atoms with Crippen molar-refractivity contribution in [2.24, 2.45) is 5.10 Å². The number of carbonyl (C=O) groups excluding carboxylic acids is 1. The molecule has 0 unspecified atom stereocenters. The van der Waals surface area contributed by atoms with Crippen LogP contribution in [0.15, 0.2) is 75.0 Å². The largest absolute Gasteiger partial charge is 0.422 e. The monoisotopic (exact) mass is 557 g/mol. The van der Waals surface area contributed by atoms with Crippen molar-refractivity contribution in [3.05, 3.63) is 102 Å². The standard InChI is InChI=1S/C25H18BrCl2N3O3/c1-14(2)23-30-21-6-4-3-5-19(21)24(32)31(23)29-13-15-11-16(26)7-10-22(15)34-25(33)18-9-8-17(27)12-20(18)28/h3-14H,1-2H3. The van der Waals surface area contributed by atoms with Crippen LogP contribution in [0.2, 0.25) is 10.0 Å². The summed E-state index contributed by atoms with van der Waals surface area (Å²) < 4.78 is 7.61. The summed E-state index contributed by atoms with van der Waals surface area (Å²) in [4.78, 5) is 30.5. The van der Waals surface area contributed by atoms with E-state index >= 15 is 0 Å². The van der Waals surface area contributed by atoms with Crippen molar-refractivity contribution in [3.8, 4) is 5.75 Å². The van der Waals surface area contributed by atoms with Crippen LogP contribution in [0.4, 0.5) is 0 Å². The summed E-state index contributed by atoms with van der Waals surface area (Å²) in [6, 6.07) is 16.7. The Labute approximate surface area is 213 Å². The van der Waals surface area contributed by atoms with E-state index in [1.54, 1.807) is 42.5 Å². The second-order valence-electron chi connectivity index (χ2n) is 7.70. The van der Waals surface area contributed by atoms with Crippen LogP contribution in [0.25, 0.3) is 10.9 Å². The third-order valence-corrected chi connectivity index (χ3v) is 5.97. The van der Waals surface area contributed by atoms with Crippen LogP contribution in [0, 0.1) is 0 Å². The van der Waals surface area contributed by atoms with Gasteiger partial charge in [0.15, 0.2) is 0 Å². The summed E-state index contributed by atoms with van der Waals surface area (Å²) in [6.45, 7) is 3.87. The maximum atomic E-state index is 13.1. The fraction of sp³-hybridized carbons (Fsp3) is 0.120. The topological polar surface area (TPSA) is 73.6 Å². The molecule has 0 N–H and O–H groups in total. The zero-order valence-electron chi connectivity index (χ0n) is 18.1. The van der Waals surface area contributed by atoms with E-state index in [4.69, 9.17) is 27.9 Å². The average Bonchev–Trinajstić information content (AvgIpc) is 2.79. The molecule has 4 aromatic rings. The number of nitrogens with zero attached hydrogens (tertiary/aromatic N) is 3. The van der Waals surface area contributed by atoms with E-state index in [2.05, 4.69) is 26.0 Å². The number of benzene rings is 3. The molecule has 0 bridgehead atoms. The normalized spacial score (nSPS) is 11.5. The van der Waals surface area contributed by atoms with Gasteiger partial charge in [-0.3, -0.25) is 4.79 Å². The fourth-order valence-corrected chi connectivity index (χ4v) is 4.13. The molecule has 0 aliphatic rings. The summed E-state index contributed by atoms with van der Waals surface area (Å²) >= 11 is 15.5. The van der Waals surface area contributed by atoms with Crippen LogP contribution in [-0.4, -0.2) is 21.8 Å². The van der Waals surface area contributed by atoms with Crippen LogP contribution < -0.4 is 10.3 Å². The molecule has 1 aromatic heterocycles. The van der Waals surface area contributed by atoms with Crippen molar-refractivity contribution in [1.82, 2.24) is 9.66 Å². The van der Waals surface area contributed by atoms with Crippen LogP contribution in [0.5, 0.6) is 5.75 Å². The lowest BCUT2D eigenvalue weighted by Gasteiger charge is -2.12. The second-order valence-corrected chi connectivity index (χ2v) is 9.46. The van der Waals surface area contributed by atoms with Gasteiger partial charge in [-0.1, -0.05) is 65.1 Å². The van der Waals surface area contributed by atoms with E-state index in [0.29, 0.717) is 27.3 Å². The lowest BCUT2D eigenvalue weighted by Crippen LogP contribution is -2.23. The van der Waals surface area contributed by atoms with Gasteiger partial charge < -0.3 is 4.74 Å². The Hall–Kier alpha value is -3.00. The third-order valence-electron chi connectivity index (χ3n) is 4.93. The summed E-state index contributed by atoms with van der Waals surface area (Å²) in [5.74, 6) is 0.0599. The Kier molecular flexibility index (Phi) is 7.16. The number of ether oxygens (including phenoxy) is 1. The van der Waals surface area contributed by atoms with Gasteiger partial charge in [-0.15, -0.1) is 0 Å². The third kappa shape index (κ3) is 5.06. The van der Waals surface area contributed by atoms with E-state index < -0.39 is 5.97 Å². The van der Waals surface area contributed by atoms with Gasteiger partial charge in [-0.25, -0.2) is 9.78 Å². The van der Waals surface area contributed by atoms with E-state index in [0.717, 1.165) is 4.47 Å². The number of hydrogen-bond acceptors (Lipinski definition) is 5. The quantitative estimate of drug-likeness (QED) is 0.155. The molecule has 3 aromatic carbocycles. The number of hydrogen-bond donors (Lipinski definition) is 0. The molecule has 0 fully saturated rings. The van der Waals surface area contributed by atoms with E-state index in [1.807, 2.05) is 19.9 Å². The predicted molar refractivity (Wildman–Crippen MR) is 139 cm³/mol. The van der Waals surface area contributed by atoms with E-state index in [-0.39, 0.29) is 27.8 Å². The first-order valence-electron chi connectivity index (χ1n) is 10.3. The highest BCUT2D eigenvalue weighted by atomic mass is 79.9. The van der Waals surface area contributed by atoms with Crippen molar-refractivity contribution in [1.29, 1.82) is 0 Å². The molecule has 0 aliphatic heterocycles. The molecule has 0 saturated carbocycles. The van der Waals surface area contributed by atoms with Gasteiger partial charge >= 0.3 is 5.97 Å². The van der Waals surface area contributed by atoms with Crippen molar-refractivity contribution < 1.29 is 9.53 Å². The molecule has 1 heterocycles. The Morgan fingerprint density at radius 3 is 2.62 bits per heavy atom. The van der Waals surface area contributed by atoms with Crippen molar-refractivity contribution in [2.75, 3.05) is 0 Å². The lowest BCUT2D eigenvalue weighted by molar-refractivity contribution is 0.0734. The van der Waals surface area contributed by atoms with Gasteiger partial charge in [-0.2, -0.15) is 9.78 Å². The molecule has 34 heavy (non-hydrogen) atoms. The summed E-state index contributed by atoms with van der Waals surface area (Å²) in [7, 11) is 0. The van der Waals surface area contributed by atoms with Crippen molar-refractivity contribution in [2.45, 2.75) is 19.8 Å². The fourth-order valence-electron chi connectivity index (χ4n) is 3.27. The van der Waals surface area contributed by atoms with Crippen molar-refractivity contribution >= 4 is 62.2 Å². The molecule has 6 nitrogen and oxygen atoms in total. The summed E-state index contributed by atoms with van der Waals surface area (Å²) in [6.07, 6.45) is 1.46. The average molecular weight is 559 g/mol. The highest BCUT2D eigenvalue weighted by Gasteiger charge is 2.16. The van der Waals surface area contributed by atoms with Gasteiger partial charge in [0.2, 0.25) is 0 Å². The smallest absolute Gasteiger partial charge is 0.345 e. The van der Waals surface area contributed by atoms with Gasteiger partial charge in [0.25, 0.3) is 5.56 Å². The first-order chi connectivity index (χ1) is 16.2. The molecule has 0 radical (unpaired) electrons. The Morgan fingerprint density at radius 2 is 1.88 bits per heavy atom. The minimum atomic E-state index is -0.647.